The zero-order valence-corrected chi connectivity index (χ0v) is 18.7. The van der Waals surface area contributed by atoms with Gasteiger partial charge in [0.05, 0.1) is 23.8 Å². The molecule has 1 atom stereocenters. The second kappa shape index (κ2) is 9.23. The Morgan fingerprint density at radius 2 is 1.65 bits per heavy atom. The van der Waals surface area contributed by atoms with Gasteiger partial charge in [-0.3, -0.25) is 14.5 Å². The largest absolute Gasteiger partial charge is 0.508 e. The summed E-state index contributed by atoms with van der Waals surface area (Å²) < 4.78 is 5.06. The summed E-state index contributed by atoms with van der Waals surface area (Å²) >= 11 is 0. The van der Waals surface area contributed by atoms with Crippen LogP contribution in [0.4, 0.5) is 5.69 Å². The van der Waals surface area contributed by atoms with Crippen LogP contribution in [0.1, 0.15) is 40.0 Å². The van der Waals surface area contributed by atoms with Crippen molar-refractivity contribution >= 4 is 29.1 Å². The molecule has 1 heterocycles. The number of carbonyl (C=O) groups excluding carboxylic acids is 3. The van der Waals surface area contributed by atoms with Gasteiger partial charge in [0.25, 0.3) is 11.7 Å². The average molecular weight is 457 g/mol. The van der Waals surface area contributed by atoms with E-state index in [-0.39, 0.29) is 29.3 Å². The minimum absolute atomic E-state index is 0.0172. The Morgan fingerprint density at radius 3 is 2.29 bits per heavy atom. The Hall–Kier alpha value is -4.39. The average Bonchev–Trinajstić information content (AvgIpc) is 3.10. The number of phenols is 1. The van der Waals surface area contributed by atoms with Crippen molar-refractivity contribution in [1.82, 2.24) is 0 Å². The SMILES string of the molecule is CCOC(=O)c1cccc(N2C(=O)C(=O)/C(=C(/O)c3ccc(C)cc3)C2c2ccc(O)cc2)c1. The normalized spacial score (nSPS) is 17.1. The van der Waals surface area contributed by atoms with Crippen LogP contribution in [0.3, 0.4) is 0 Å². The molecule has 3 aromatic carbocycles. The Labute approximate surface area is 196 Å². The van der Waals surface area contributed by atoms with Crippen molar-refractivity contribution in [1.29, 1.82) is 0 Å². The highest BCUT2D eigenvalue weighted by atomic mass is 16.5. The summed E-state index contributed by atoms with van der Waals surface area (Å²) in [7, 11) is 0. The first-order valence-electron chi connectivity index (χ1n) is 10.8. The number of rotatable bonds is 5. The molecular weight excluding hydrogens is 434 g/mol. The number of ether oxygens (including phenoxy) is 1. The van der Waals surface area contributed by atoms with E-state index in [1.807, 2.05) is 6.92 Å². The maximum absolute atomic E-state index is 13.2. The zero-order valence-electron chi connectivity index (χ0n) is 18.7. The second-order valence-corrected chi connectivity index (χ2v) is 7.90. The van der Waals surface area contributed by atoms with Crippen molar-refractivity contribution in [2.75, 3.05) is 11.5 Å². The number of esters is 1. The van der Waals surface area contributed by atoms with E-state index in [0.717, 1.165) is 5.56 Å². The highest BCUT2D eigenvalue weighted by Crippen LogP contribution is 2.42. The van der Waals surface area contributed by atoms with Gasteiger partial charge in [0, 0.05) is 11.3 Å². The highest BCUT2D eigenvalue weighted by molar-refractivity contribution is 6.51. The molecule has 0 spiro atoms. The summed E-state index contributed by atoms with van der Waals surface area (Å²) in [6, 6.07) is 18.2. The third-order valence-electron chi connectivity index (χ3n) is 5.61. The quantitative estimate of drug-likeness (QED) is 0.253. The molecule has 172 valence electrons. The topological polar surface area (TPSA) is 104 Å². The molecule has 7 nitrogen and oxygen atoms in total. The molecule has 1 saturated heterocycles. The molecule has 0 aromatic heterocycles. The molecule has 2 N–H and O–H groups in total. The standard InChI is InChI=1S/C27H23NO6/c1-3-34-27(33)19-5-4-6-20(15-19)28-23(17-11-13-21(29)14-12-17)22(25(31)26(28)32)24(30)18-9-7-16(2)8-10-18/h4-15,23,29-30H,3H2,1-2H3/b24-22+. The molecule has 0 saturated carbocycles. The number of nitrogens with zero attached hydrogens (tertiary/aromatic N) is 1. The lowest BCUT2D eigenvalue weighted by atomic mass is 9.94. The Balaban J connectivity index is 1.90. The van der Waals surface area contributed by atoms with E-state index in [4.69, 9.17) is 4.74 Å². The lowest BCUT2D eigenvalue weighted by Crippen LogP contribution is -2.29. The number of carbonyl (C=O) groups is 3. The van der Waals surface area contributed by atoms with Crippen molar-refractivity contribution < 1.29 is 29.3 Å². The number of ketones is 1. The van der Waals surface area contributed by atoms with Gasteiger partial charge in [-0.2, -0.15) is 0 Å². The van der Waals surface area contributed by atoms with Crippen LogP contribution in [0.25, 0.3) is 5.76 Å². The van der Waals surface area contributed by atoms with Gasteiger partial charge in [0.2, 0.25) is 0 Å². The maximum Gasteiger partial charge on any atom is 0.338 e. The van der Waals surface area contributed by atoms with Crippen LogP contribution in [-0.2, 0) is 14.3 Å². The summed E-state index contributed by atoms with van der Waals surface area (Å²) in [5.41, 5.74) is 2.32. The van der Waals surface area contributed by atoms with E-state index in [9.17, 15) is 24.6 Å². The lowest BCUT2D eigenvalue weighted by Gasteiger charge is -2.25. The maximum atomic E-state index is 13.2. The van der Waals surface area contributed by atoms with Crippen LogP contribution in [0.15, 0.2) is 78.4 Å². The fourth-order valence-corrected chi connectivity index (χ4v) is 3.93. The Kier molecular flexibility index (Phi) is 6.19. The van der Waals surface area contributed by atoms with Gasteiger partial charge in [0.15, 0.2) is 0 Å². The van der Waals surface area contributed by atoms with Crippen LogP contribution in [0.5, 0.6) is 5.75 Å². The number of aryl methyl sites for hydroxylation is 1. The van der Waals surface area contributed by atoms with E-state index >= 15 is 0 Å². The number of Topliss-reactive ketones (excluding diaryl/α,β-unsaturated/α-hetero) is 1. The molecule has 0 radical (unpaired) electrons. The molecular formula is C27H23NO6. The van der Waals surface area contributed by atoms with Crippen molar-refractivity contribution in [3.8, 4) is 5.75 Å². The number of anilines is 1. The molecule has 0 bridgehead atoms. The predicted octanol–water partition coefficient (Wildman–Crippen LogP) is 4.50. The molecule has 1 aliphatic rings. The number of hydrogen-bond donors (Lipinski definition) is 2. The van der Waals surface area contributed by atoms with E-state index in [1.54, 1.807) is 61.5 Å². The zero-order chi connectivity index (χ0) is 24.4. The summed E-state index contributed by atoms with van der Waals surface area (Å²) in [5, 5.41) is 20.9. The first-order chi connectivity index (χ1) is 16.3. The van der Waals surface area contributed by atoms with E-state index in [0.29, 0.717) is 16.8 Å². The number of hydrogen-bond acceptors (Lipinski definition) is 6. The summed E-state index contributed by atoms with van der Waals surface area (Å²) in [6.45, 7) is 3.78. The number of aliphatic hydroxyl groups excluding tert-OH is 1. The van der Waals surface area contributed by atoms with Crippen LogP contribution >= 0.6 is 0 Å². The van der Waals surface area contributed by atoms with Crippen LogP contribution in [0.2, 0.25) is 0 Å². The first-order valence-corrected chi connectivity index (χ1v) is 10.8. The number of aromatic hydroxyl groups is 1. The van der Waals surface area contributed by atoms with Crippen molar-refractivity contribution in [3.05, 3.63) is 101 Å². The van der Waals surface area contributed by atoms with Crippen molar-refractivity contribution in [3.63, 3.8) is 0 Å². The summed E-state index contributed by atoms with van der Waals surface area (Å²) in [6.07, 6.45) is 0. The number of amides is 1. The summed E-state index contributed by atoms with van der Waals surface area (Å²) in [5.74, 6) is -2.53. The smallest absolute Gasteiger partial charge is 0.338 e. The van der Waals surface area contributed by atoms with Crippen LogP contribution in [-0.4, -0.2) is 34.5 Å². The van der Waals surface area contributed by atoms with Gasteiger partial charge in [-0.05, 0) is 49.7 Å². The van der Waals surface area contributed by atoms with Crippen LogP contribution in [0, 0.1) is 6.92 Å². The summed E-state index contributed by atoms with van der Waals surface area (Å²) in [4.78, 5) is 39.9. The fraction of sp³-hybridized carbons (Fsp3) is 0.148. The van der Waals surface area contributed by atoms with Gasteiger partial charge in [-0.1, -0.05) is 48.0 Å². The minimum Gasteiger partial charge on any atom is -0.508 e. The molecule has 1 aliphatic heterocycles. The third-order valence-corrected chi connectivity index (χ3v) is 5.61. The first kappa shape index (κ1) is 22.8. The van der Waals surface area contributed by atoms with Gasteiger partial charge in [0.1, 0.15) is 11.5 Å². The lowest BCUT2D eigenvalue weighted by molar-refractivity contribution is -0.132. The number of phenolic OH excluding ortho intramolecular Hbond substituents is 1. The van der Waals surface area contributed by atoms with E-state index < -0.39 is 23.7 Å². The number of benzene rings is 3. The highest BCUT2D eigenvalue weighted by Gasteiger charge is 2.47. The molecule has 1 unspecified atom stereocenters. The van der Waals surface area contributed by atoms with Crippen molar-refractivity contribution in [2.24, 2.45) is 0 Å². The number of aliphatic hydroxyl groups is 1. The molecule has 4 rings (SSSR count). The molecule has 34 heavy (non-hydrogen) atoms. The third kappa shape index (κ3) is 4.15. The monoisotopic (exact) mass is 457 g/mol. The van der Waals surface area contributed by atoms with Crippen molar-refractivity contribution in [2.45, 2.75) is 19.9 Å². The Bertz CT molecular complexity index is 1290. The molecule has 1 fully saturated rings. The van der Waals surface area contributed by atoms with Gasteiger partial charge < -0.3 is 14.9 Å². The predicted molar refractivity (Wildman–Crippen MR) is 126 cm³/mol. The van der Waals surface area contributed by atoms with E-state index in [2.05, 4.69) is 0 Å². The van der Waals surface area contributed by atoms with E-state index in [1.165, 1.54) is 23.1 Å². The Morgan fingerprint density at radius 1 is 0.971 bits per heavy atom. The van der Waals surface area contributed by atoms with Crippen LogP contribution < -0.4 is 4.90 Å². The molecule has 0 aliphatic carbocycles. The molecule has 3 aromatic rings. The van der Waals surface area contributed by atoms with Gasteiger partial charge in [-0.25, -0.2) is 4.79 Å². The minimum atomic E-state index is -0.973. The second-order valence-electron chi connectivity index (χ2n) is 7.90. The fourth-order valence-electron chi connectivity index (χ4n) is 3.93. The molecule has 1 amide bonds. The molecule has 7 heteroatoms. The van der Waals surface area contributed by atoms with Gasteiger partial charge >= 0.3 is 5.97 Å². The van der Waals surface area contributed by atoms with Gasteiger partial charge in [-0.15, -0.1) is 0 Å².